The summed E-state index contributed by atoms with van der Waals surface area (Å²) in [6.07, 6.45) is 2.26. The van der Waals surface area contributed by atoms with E-state index in [2.05, 4.69) is 20.4 Å². The molecule has 1 fully saturated rings. The number of nitrogens with one attached hydrogen (secondary N) is 1. The van der Waals surface area contributed by atoms with E-state index in [4.69, 9.17) is 4.42 Å². The number of nitrogens with zero attached hydrogens (tertiary/aromatic N) is 3. The molecule has 1 N–H and O–H groups in total. The molecular formula is C21H22N4O2. The van der Waals surface area contributed by atoms with Crippen molar-refractivity contribution >= 4 is 11.9 Å². The van der Waals surface area contributed by atoms with Gasteiger partial charge in [0, 0.05) is 18.7 Å². The smallest absolute Gasteiger partial charge is 0.318 e. The van der Waals surface area contributed by atoms with Gasteiger partial charge in [0.2, 0.25) is 5.89 Å². The van der Waals surface area contributed by atoms with E-state index >= 15 is 0 Å². The fourth-order valence-corrected chi connectivity index (χ4v) is 3.31. The van der Waals surface area contributed by atoms with Crippen LogP contribution in [0.1, 0.15) is 46.3 Å². The molecule has 0 unspecified atom stereocenters. The molecule has 1 saturated heterocycles. The summed E-state index contributed by atoms with van der Waals surface area (Å²) in [6.45, 7) is 3.81. The summed E-state index contributed by atoms with van der Waals surface area (Å²) in [5.41, 5.74) is 2.54. The first-order valence-corrected chi connectivity index (χ1v) is 9.21. The van der Waals surface area contributed by atoms with Gasteiger partial charge >= 0.3 is 6.01 Å². The maximum absolute atomic E-state index is 12.8. The molecule has 0 saturated carbocycles. The zero-order chi connectivity index (χ0) is 18.6. The standard InChI is InChI=1S/C21H22N4O2/c1-15-8-7-11-17(14-15)19(26)22-18(16-9-3-2-4-10-16)20-23-24-21(27-20)25-12-5-6-13-25/h2-4,7-11,14,18H,5-6,12-13H2,1H3,(H,22,26)/t18-/m0/s1. The lowest BCUT2D eigenvalue weighted by molar-refractivity contribution is 0.0938. The Morgan fingerprint density at radius 2 is 1.85 bits per heavy atom. The predicted molar refractivity (Wildman–Crippen MR) is 103 cm³/mol. The van der Waals surface area contributed by atoms with Gasteiger partial charge < -0.3 is 14.6 Å². The van der Waals surface area contributed by atoms with Gasteiger partial charge in [-0.25, -0.2) is 0 Å². The highest BCUT2D eigenvalue weighted by atomic mass is 16.4. The zero-order valence-corrected chi connectivity index (χ0v) is 15.3. The van der Waals surface area contributed by atoms with E-state index in [1.54, 1.807) is 6.07 Å². The number of carbonyl (C=O) groups is 1. The fraction of sp³-hybridized carbons (Fsp3) is 0.286. The van der Waals surface area contributed by atoms with E-state index in [1.165, 1.54) is 0 Å². The van der Waals surface area contributed by atoms with Gasteiger partial charge in [-0.05, 0) is 37.5 Å². The number of anilines is 1. The van der Waals surface area contributed by atoms with Crippen molar-refractivity contribution in [2.75, 3.05) is 18.0 Å². The molecule has 0 aliphatic carbocycles. The molecule has 6 heteroatoms. The van der Waals surface area contributed by atoms with Crippen molar-refractivity contribution in [3.05, 3.63) is 77.2 Å². The lowest BCUT2D eigenvalue weighted by atomic mass is 10.1. The molecular weight excluding hydrogens is 340 g/mol. The van der Waals surface area contributed by atoms with Crippen LogP contribution in [0, 0.1) is 6.92 Å². The summed E-state index contributed by atoms with van der Waals surface area (Å²) < 4.78 is 5.93. The number of benzene rings is 2. The Kier molecular flexibility index (Phi) is 4.87. The summed E-state index contributed by atoms with van der Waals surface area (Å²) in [5.74, 6) is 0.220. The van der Waals surface area contributed by atoms with E-state index in [0.29, 0.717) is 17.5 Å². The van der Waals surface area contributed by atoms with Gasteiger partial charge in [-0.2, -0.15) is 0 Å². The molecule has 1 aliphatic rings. The largest absolute Gasteiger partial charge is 0.405 e. The first-order valence-electron chi connectivity index (χ1n) is 9.21. The SMILES string of the molecule is Cc1cccc(C(=O)N[C@@H](c2ccccc2)c2nnc(N3CCCC3)o2)c1. The molecule has 1 aromatic heterocycles. The molecule has 2 aromatic carbocycles. The second-order valence-corrected chi connectivity index (χ2v) is 6.80. The molecule has 1 atom stereocenters. The molecule has 0 radical (unpaired) electrons. The summed E-state index contributed by atoms with van der Waals surface area (Å²) in [4.78, 5) is 14.9. The van der Waals surface area contributed by atoms with Gasteiger partial charge in [0.1, 0.15) is 6.04 Å². The fourth-order valence-electron chi connectivity index (χ4n) is 3.31. The predicted octanol–water partition coefficient (Wildman–Crippen LogP) is 3.50. The van der Waals surface area contributed by atoms with Crippen molar-refractivity contribution in [2.45, 2.75) is 25.8 Å². The Hall–Kier alpha value is -3.15. The minimum absolute atomic E-state index is 0.173. The minimum atomic E-state index is -0.497. The minimum Gasteiger partial charge on any atom is -0.405 e. The molecule has 6 nitrogen and oxygen atoms in total. The number of hydrogen-bond acceptors (Lipinski definition) is 5. The van der Waals surface area contributed by atoms with Crippen LogP contribution in [0.3, 0.4) is 0 Å². The van der Waals surface area contributed by atoms with Crippen LogP contribution in [-0.4, -0.2) is 29.2 Å². The van der Waals surface area contributed by atoms with Crippen LogP contribution in [0.4, 0.5) is 6.01 Å². The third-order valence-electron chi connectivity index (χ3n) is 4.74. The van der Waals surface area contributed by atoms with Crippen molar-refractivity contribution in [3.63, 3.8) is 0 Å². The van der Waals surface area contributed by atoms with E-state index in [-0.39, 0.29) is 5.91 Å². The van der Waals surface area contributed by atoms with Crippen molar-refractivity contribution in [2.24, 2.45) is 0 Å². The highest BCUT2D eigenvalue weighted by Crippen LogP contribution is 2.26. The van der Waals surface area contributed by atoms with Crippen molar-refractivity contribution in [3.8, 4) is 0 Å². The second-order valence-electron chi connectivity index (χ2n) is 6.80. The van der Waals surface area contributed by atoms with Crippen LogP contribution >= 0.6 is 0 Å². The molecule has 0 spiro atoms. The maximum atomic E-state index is 12.8. The normalized spacial score (nSPS) is 14.9. The Bertz CT molecular complexity index is 917. The van der Waals surface area contributed by atoms with Crippen LogP contribution in [0.15, 0.2) is 59.0 Å². The first-order chi connectivity index (χ1) is 13.2. The van der Waals surface area contributed by atoms with Crippen molar-refractivity contribution in [1.82, 2.24) is 15.5 Å². The maximum Gasteiger partial charge on any atom is 0.318 e. The molecule has 1 aliphatic heterocycles. The molecule has 0 bridgehead atoms. The molecule has 3 aromatic rings. The number of aryl methyl sites for hydroxylation is 1. The molecule has 4 rings (SSSR count). The molecule has 27 heavy (non-hydrogen) atoms. The molecule has 2 heterocycles. The average molecular weight is 362 g/mol. The van der Waals surface area contributed by atoms with Crippen LogP contribution in [0.25, 0.3) is 0 Å². The number of carbonyl (C=O) groups excluding carboxylic acids is 1. The Morgan fingerprint density at radius 3 is 2.59 bits per heavy atom. The lowest BCUT2D eigenvalue weighted by Gasteiger charge is -2.16. The van der Waals surface area contributed by atoms with Gasteiger partial charge in [0.05, 0.1) is 0 Å². The number of hydrogen-bond donors (Lipinski definition) is 1. The van der Waals surface area contributed by atoms with Crippen LogP contribution in [0.2, 0.25) is 0 Å². The number of rotatable bonds is 5. The molecule has 1 amide bonds. The van der Waals surface area contributed by atoms with E-state index in [1.807, 2.05) is 55.5 Å². The molecule has 138 valence electrons. The topological polar surface area (TPSA) is 71.3 Å². The zero-order valence-electron chi connectivity index (χ0n) is 15.3. The van der Waals surface area contributed by atoms with Crippen LogP contribution in [-0.2, 0) is 0 Å². The summed E-state index contributed by atoms with van der Waals surface area (Å²) >= 11 is 0. The van der Waals surface area contributed by atoms with Gasteiger partial charge in [-0.15, -0.1) is 5.10 Å². The van der Waals surface area contributed by atoms with Gasteiger partial charge in [0.25, 0.3) is 5.91 Å². The van der Waals surface area contributed by atoms with Gasteiger partial charge in [-0.1, -0.05) is 53.1 Å². The lowest BCUT2D eigenvalue weighted by Crippen LogP contribution is -2.29. The highest BCUT2D eigenvalue weighted by Gasteiger charge is 2.26. The first kappa shape index (κ1) is 17.3. The van der Waals surface area contributed by atoms with Crippen molar-refractivity contribution < 1.29 is 9.21 Å². The summed E-state index contributed by atoms with van der Waals surface area (Å²) in [7, 11) is 0. The highest BCUT2D eigenvalue weighted by molar-refractivity contribution is 5.94. The Labute approximate surface area is 158 Å². The Morgan fingerprint density at radius 1 is 1.07 bits per heavy atom. The number of aromatic nitrogens is 2. The average Bonchev–Trinajstić information content (AvgIpc) is 3.38. The summed E-state index contributed by atoms with van der Waals surface area (Å²) in [5, 5.41) is 11.5. The number of amides is 1. The van der Waals surface area contributed by atoms with Gasteiger partial charge in [-0.3, -0.25) is 4.79 Å². The van der Waals surface area contributed by atoms with Gasteiger partial charge in [0.15, 0.2) is 0 Å². The van der Waals surface area contributed by atoms with Crippen LogP contribution in [0.5, 0.6) is 0 Å². The third-order valence-corrected chi connectivity index (χ3v) is 4.74. The monoisotopic (exact) mass is 362 g/mol. The van der Waals surface area contributed by atoms with E-state index in [9.17, 15) is 4.79 Å². The van der Waals surface area contributed by atoms with Crippen molar-refractivity contribution in [1.29, 1.82) is 0 Å². The van der Waals surface area contributed by atoms with Crippen LogP contribution < -0.4 is 10.2 Å². The Balaban J connectivity index is 1.62. The summed E-state index contributed by atoms with van der Waals surface area (Å²) in [6, 6.07) is 17.2. The quantitative estimate of drug-likeness (QED) is 0.752. The van der Waals surface area contributed by atoms with E-state index in [0.717, 1.165) is 37.1 Å². The van der Waals surface area contributed by atoms with E-state index < -0.39 is 6.04 Å². The third kappa shape index (κ3) is 3.84. The second kappa shape index (κ2) is 7.61.